The predicted octanol–water partition coefficient (Wildman–Crippen LogP) is 10.3. The maximum absolute atomic E-state index is 12.8. The monoisotopic (exact) mass is 862 g/mol. The number of carbonyl (C=O) groups excluding carboxylic acids is 2. The molecular weight excluding hydrogens is 817 g/mol. The second-order valence-corrected chi connectivity index (χ2v) is 14.3. The number of hydrogen-bond donors (Lipinski definition) is 5. The van der Waals surface area contributed by atoms with Gasteiger partial charge in [0.2, 0.25) is 0 Å². The van der Waals surface area contributed by atoms with Gasteiger partial charge in [0.1, 0.15) is 29.0 Å². The molecule has 9 aromatic rings. The quantitative estimate of drug-likeness (QED) is 0.0810. The van der Waals surface area contributed by atoms with E-state index in [1.165, 1.54) is 29.0 Å². The Bertz CT molecular complexity index is 2800. The summed E-state index contributed by atoms with van der Waals surface area (Å²) in [6.07, 6.45) is 11.9. The number of hydrogen-bond acceptors (Lipinski definition) is 7. The van der Waals surface area contributed by atoms with Crippen LogP contribution in [-0.2, 0) is 4.79 Å². The van der Waals surface area contributed by atoms with Crippen LogP contribution < -0.4 is 0 Å². The summed E-state index contributed by atoms with van der Waals surface area (Å²) >= 11 is 3.42. The minimum absolute atomic E-state index is 0. The van der Waals surface area contributed by atoms with E-state index >= 15 is 0 Å². The maximum atomic E-state index is 12.8. The van der Waals surface area contributed by atoms with Crippen molar-refractivity contribution in [2.45, 2.75) is 33.7 Å². The van der Waals surface area contributed by atoms with E-state index in [4.69, 9.17) is 14.9 Å². The molecular formula is C47H46BBrN7O4+. The largest absolute Gasteiger partial charge is 1.00 e. The zero-order valence-corrected chi connectivity index (χ0v) is 35.5. The molecule has 0 fully saturated rings. The third kappa shape index (κ3) is 10.1. The standard InChI is InChI=1S/C17H15N3O.C14H12N2.C7H5BrN2.C7H8O.C2H4O.BHO/c1-10-14-9-19-16-15(14)12(7-8-18-16)11-5-3-4-6-13(11)17(21)20(10)2;1-10-4-2-3-5-11(10)12-6-8-15-14-13(12)7-9-16-14;8-6-2-4-10-7-5(6)1-3-9-7;1-6-4-2-3-5-7(6)8;1-2-3;1-2/h3-10H,1-2H3,(H,18,19);2-9H,1H3,(H,15,16);1-4H,(H,9,10);2-5,8H,1H3;2H,1H3;2H/p+1. The van der Waals surface area contributed by atoms with Crippen LogP contribution in [0.1, 0.15) is 48.4 Å². The minimum atomic E-state index is 0. The molecule has 10 rings (SSSR count). The molecule has 0 saturated heterocycles. The fraction of sp³-hybridized carbons (Fsp3) is 0.128. The first-order chi connectivity index (χ1) is 29.1. The summed E-state index contributed by atoms with van der Waals surface area (Å²) < 4.78 is 1.08. The molecule has 5 N–H and O–H groups in total. The summed E-state index contributed by atoms with van der Waals surface area (Å²) in [4.78, 5) is 45.6. The van der Waals surface area contributed by atoms with Crippen molar-refractivity contribution in [1.82, 2.24) is 34.8 Å². The van der Waals surface area contributed by atoms with Crippen molar-refractivity contribution in [2.24, 2.45) is 0 Å². The van der Waals surface area contributed by atoms with Gasteiger partial charge in [-0.3, -0.25) is 4.79 Å². The minimum Gasteiger partial charge on any atom is -0.508 e. The van der Waals surface area contributed by atoms with E-state index < -0.39 is 0 Å². The molecule has 7 heterocycles. The number of amides is 1. The van der Waals surface area contributed by atoms with Crippen LogP contribution in [0.2, 0.25) is 0 Å². The number of nitrogens with one attached hydrogen (secondary N) is 3. The van der Waals surface area contributed by atoms with Crippen LogP contribution in [0.4, 0.5) is 0 Å². The van der Waals surface area contributed by atoms with E-state index in [-0.39, 0.29) is 13.4 Å². The average Bonchev–Trinajstić information content (AvgIpc) is 4.07. The molecule has 0 bridgehead atoms. The normalized spacial score (nSPS) is 12.3. The molecule has 1 amide bonds. The first-order valence-electron chi connectivity index (χ1n) is 18.9. The third-order valence-electron chi connectivity index (χ3n) is 9.82. The van der Waals surface area contributed by atoms with Gasteiger partial charge in [0, 0.05) is 76.0 Å². The predicted molar refractivity (Wildman–Crippen MR) is 246 cm³/mol. The number of aromatic hydroxyl groups is 1. The molecule has 0 spiro atoms. The fourth-order valence-electron chi connectivity index (χ4n) is 6.68. The number of phenols is 1. The van der Waals surface area contributed by atoms with Crippen LogP contribution in [-0.4, -0.2) is 72.2 Å². The summed E-state index contributed by atoms with van der Waals surface area (Å²) in [5, 5.41) is 18.8. The number of pyridine rings is 3. The van der Waals surface area contributed by atoms with Gasteiger partial charge in [-0.15, -0.1) is 0 Å². The summed E-state index contributed by atoms with van der Waals surface area (Å²) in [5.41, 5.74) is 11.4. The van der Waals surface area contributed by atoms with Gasteiger partial charge in [0.05, 0.1) is 6.04 Å². The lowest BCUT2D eigenvalue weighted by atomic mass is 9.92. The van der Waals surface area contributed by atoms with E-state index in [1.807, 2.05) is 106 Å². The second-order valence-electron chi connectivity index (χ2n) is 13.4. The fourth-order valence-corrected chi connectivity index (χ4v) is 7.11. The topological polar surface area (TPSA) is 164 Å². The number of fused-ring (bicyclic) bond motifs is 4. The second kappa shape index (κ2) is 21.3. The summed E-state index contributed by atoms with van der Waals surface area (Å²) in [6.45, 7) is 7.49. The van der Waals surface area contributed by atoms with Crippen molar-refractivity contribution < 1.29 is 21.1 Å². The number of benzene rings is 3. The van der Waals surface area contributed by atoms with E-state index in [0.717, 1.165) is 66.3 Å². The van der Waals surface area contributed by atoms with Crippen LogP contribution in [0.15, 0.2) is 145 Å². The summed E-state index contributed by atoms with van der Waals surface area (Å²) in [6, 6.07) is 33.5. The number of aromatic amines is 3. The van der Waals surface area contributed by atoms with Crippen LogP contribution in [0.25, 0.3) is 55.4 Å². The molecule has 6 aromatic heterocycles. The first kappa shape index (κ1) is 44.3. The van der Waals surface area contributed by atoms with Crippen molar-refractivity contribution in [1.29, 1.82) is 0 Å². The average molecular weight is 864 g/mol. The lowest BCUT2D eigenvalue weighted by Crippen LogP contribution is -2.30. The number of nitrogens with zero attached hydrogens (tertiary/aromatic N) is 4. The number of rotatable bonds is 1. The van der Waals surface area contributed by atoms with E-state index in [2.05, 4.69) is 97.2 Å². The molecule has 60 heavy (non-hydrogen) atoms. The number of H-pyrrole nitrogens is 3. The Hall–Kier alpha value is -6.83. The van der Waals surface area contributed by atoms with Gasteiger partial charge < -0.3 is 34.8 Å². The highest BCUT2D eigenvalue weighted by Gasteiger charge is 2.28. The molecule has 0 saturated carbocycles. The molecule has 302 valence electrons. The van der Waals surface area contributed by atoms with Crippen molar-refractivity contribution in [3.05, 3.63) is 167 Å². The molecule has 11 nitrogen and oxygen atoms in total. The molecule has 3 aromatic carbocycles. The van der Waals surface area contributed by atoms with Crippen molar-refractivity contribution in [3.8, 4) is 28.0 Å². The molecule has 1 aliphatic rings. The maximum Gasteiger partial charge on any atom is 1.00 e. The van der Waals surface area contributed by atoms with Gasteiger partial charge in [-0.2, -0.15) is 0 Å². The Labute approximate surface area is 359 Å². The van der Waals surface area contributed by atoms with Gasteiger partial charge in [-0.05, 0) is 119 Å². The Morgan fingerprint density at radius 3 is 1.80 bits per heavy atom. The van der Waals surface area contributed by atoms with Crippen LogP contribution in [0, 0.1) is 13.8 Å². The number of aldehydes is 1. The van der Waals surface area contributed by atoms with E-state index in [1.54, 1.807) is 23.4 Å². The summed E-state index contributed by atoms with van der Waals surface area (Å²) in [5.74, 6) is 0.419. The smallest absolute Gasteiger partial charge is 0.508 e. The Morgan fingerprint density at radius 2 is 1.20 bits per heavy atom. The SMILES string of the molecule is Brc1ccnc2[nH]ccc12.CC1c2c[nH]c3nccc(c23)-c2ccccc2C(=O)N1C.CC=O.Cc1ccccc1-c1ccnc2[nH]ccc12.Cc1ccccc1O.[B]O.[H+]. The highest BCUT2D eigenvalue weighted by molar-refractivity contribution is 9.10. The number of para-hydroxylation sites is 1. The van der Waals surface area contributed by atoms with Gasteiger partial charge in [0.25, 0.3) is 14.0 Å². The van der Waals surface area contributed by atoms with Gasteiger partial charge in [-0.1, -0.05) is 60.7 Å². The molecule has 1 atom stereocenters. The van der Waals surface area contributed by atoms with Crippen molar-refractivity contribution in [3.63, 3.8) is 0 Å². The molecule has 0 aliphatic carbocycles. The number of halogens is 1. The number of aryl methyl sites for hydroxylation is 2. The zero-order chi connectivity index (χ0) is 43.2. The Kier molecular flexibility index (Phi) is 15.7. The number of carbonyl (C=O) groups is 2. The lowest BCUT2D eigenvalue weighted by Gasteiger charge is -2.28. The van der Waals surface area contributed by atoms with Crippen LogP contribution in [0.5, 0.6) is 5.75 Å². The molecule has 1 unspecified atom stereocenters. The number of aromatic nitrogens is 6. The Balaban J connectivity index is 0.000000182. The number of phenolic OH excluding ortho intramolecular Hbond substituents is 1. The summed E-state index contributed by atoms with van der Waals surface area (Å²) in [7, 11) is 5.35. The lowest BCUT2D eigenvalue weighted by molar-refractivity contribution is -0.106. The van der Waals surface area contributed by atoms with Gasteiger partial charge in [-0.25, -0.2) is 15.0 Å². The highest BCUT2D eigenvalue weighted by Crippen LogP contribution is 2.39. The van der Waals surface area contributed by atoms with E-state index in [9.17, 15) is 4.79 Å². The van der Waals surface area contributed by atoms with Gasteiger partial charge in [0.15, 0.2) is 0 Å². The van der Waals surface area contributed by atoms with Gasteiger partial charge >= 0.3 is 1.43 Å². The van der Waals surface area contributed by atoms with Crippen molar-refractivity contribution in [2.75, 3.05) is 7.05 Å². The third-order valence-corrected chi connectivity index (χ3v) is 10.5. The zero-order valence-electron chi connectivity index (χ0n) is 34.9. The van der Waals surface area contributed by atoms with Crippen molar-refractivity contribution >= 4 is 69.3 Å². The highest BCUT2D eigenvalue weighted by atomic mass is 79.9. The Morgan fingerprint density at radius 1 is 0.683 bits per heavy atom. The molecule has 1 aliphatic heterocycles. The van der Waals surface area contributed by atoms with E-state index in [0.29, 0.717) is 5.75 Å². The first-order valence-corrected chi connectivity index (χ1v) is 19.7. The van der Waals surface area contributed by atoms with Crippen LogP contribution in [0.3, 0.4) is 0 Å². The molecule has 2 radical (unpaired) electrons. The van der Waals surface area contributed by atoms with Crippen LogP contribution >= 0.6 is 15.9 Å². The molecule has 13 heteroatoms.